The predicted octanol–water partition coefficient (Wildman–Crippen LogP) is 12.2. The van der Waals surface area contributed by atoms with E-state index in [9.17, 15) is 19.5 Å². The van der Waals surface area contributed by atoms with Crippen LogP contribution in [-0.4, -0.2) is 42.1 Å². The lowest BCUT2D eigenvalue weighted by atomic mass is 10.0. The van der Waals surface area contributed by atoms with Crippen molar-refractivity contribution in [3.05, 3.63) is 48.6 Å². The maximum absolute atomic E-state index is 12.0. The second-order valence-electron chi connectivity index (χ2n) is 13.8. The van der Waals surface area contributed by atoms with Gasteiger partial charge in [0, 0.05) is 19.3 Å². The second kappa shape index (κ2) is 39.3. The van der Waals surface area contributed by atoms with Gasteiger partial charge in [-0.1, -0.05) is 178 Å². The van der Waals surface area contributed by atoms with E-state index in [-0.39, 0.29) is 37.4 Å². The Morgan fingerprint density at radius 3 is 1.40 bits per heavy atom. The van der Waals surface area contributed by atoms with Crippen LogP contribution >= 0.6 is 0 Å². The van der Waals surface area contributed by atoms with E-state index in [1.54, 1.807) is 6.08 Å². The molecule has 1 atom stereocenters. The summed E-state index contributed by atoms with van der Waals surface area (Å²) in [5.41, 5.74) is 0. The molecule has 1 N–H and O–H groups in total. The van der Waals surface area contributed by atoms with E-state index >= 15 is 0 Å². The van der Waals surface area contributed by atoms with Crippen LogP contribution < -0.4 is 0 Å². The molecule has 0 unspecified atom stereocenters. The third-order valence-electron chi connectivity index (χ3n) is 8.79. The van der Waals surface area contributed by atoms with Crippen molar-refractivity contribution in [2.24, 2.45) is 0 Å². The van der Waals surface area contributed by atoms with E-state index in [2.05, 4.69) is 38.2 Å². The summed E-state index contributed by atoms with van der Waals surface area (Å²) in [6.07, 6.45) is 45.8. The molecule has 0 aromatic carbocycles. The molecule has 0 aliphatic heterocycles. The highest BCUT2D eigenvalue weighted by Crippen LogP contribution is 2.15. The minimum Gasteiger partial charge on any atom is -0.463 e. The Hall–Kier alpha value is -2.47. The number of carbonyl (C=O) groups is 3. The van der Waals surface area contributed by atoms with Gasteiger partial charge in [0.2, 0.25) is 0 Å². The molecule has 0 radical (unpaired) electrons. The number of hydrogen-bond acceptors (Lipinski definition) is 6. The average molecular weight is 701 g/mol. The Labute approximate surface area is 307 Å². The first kappa shape index (κ1) is 47.5. The molecule has 0 amide bonds. The highest BCUT2D eigenvalue weighted by atomic mass is 16.6. The first-order valence-corrected chi connectivity index (χ1v) is 20.6. The van der Waals surface area contributed by atoms with Crippen molar-refractivity contribution in [2.75, 3.05) is 13.2 Å². The minimum atomic E-state index is -1.00. The van der Waals surface area contributed by atoms with Crippen LogP contribution in [0.5, 0.6) is 0 Å². The molecule has 0 rings (SSSR count). The van der Waals surface area contributed by atoms with Gasteiger partial charge in [0.05, 0.1) is 0 Å². The van der Waals surface area contributed by atoms with Crippen molar-refractivity contribution in [3.63, 3.8) is 0 Å². The Balaban J connectivity index is 3.55. The lowest BCUT2D eigenvalue weighted by Crippen LogP contribution is -2.25. The molecule has 0 aliphatic rings. The molecule has 6 heteroatoms. The summed E-state index contributed by atoms with van der Waals surface area (Å²) < 4.78 is 10.3. The summed E-state index contributed by atoms with van der Waals surface area (Å²) in [4.78, 5) is 35.6. The van der Waals surface area contributed by atoms with Gasteiger partial charge in [0.15, 0.2) is 5.78 Å². The number of carbonyl (C=O) groups excluding carboxylic acids is 3. The summed E-state index contributed by atoms with van der Waals surface area (Å²) >= 11 is 0. The lowest BCUT2D eigenvalue weighted by molar-refractivity contribution is -0.152. The van der Waals surface area contributed by atoms with Gasteiger partial charge in [0.1, 0.15) is 19.3 Å². The summed E-state index contributed by atoms with van der Waals surface area (Å²) in [7, 11) is 0. The number of ketones is 1. The minimum absolute atomic E-state index is 0.146. The van der Waals surface area contributed by atoms with Crippen LogP contribution in [0.25, 0.3) is 0 Å². The maximum atomic E-state index is 12.0. The fourth-order valence-corrected chi connectivity index (χ4v) is 5.62. The van der Waals surface area contributed by atoms with E-state index < -0.39 is 6.10 Å². The second-order valence-corrected chi connectivity index (χ2v) is 13.8. The standard InChI is InChI=1S/C44H76O6/c1-3-5-7-8-9-10-11-12-13-14-15-16-17-20-23-26-29-33-37-43(47)49-39-42(46)40-50-44(48)38-34-30-27-24-21-18-19-22-25-28-32-36-41(45)35-31-6-4-2/h18-19,24-25,27-28,32,36,42,46H,3-17,20-23,26,29-31,33-35,37-40H2,1-2H3/b19-18-,27-24-,28-25-,36-32+/t42-/m0/s1. The van der Waals surface area contributed by atoms with Crippen LogP contribution in [0.3, 0.4) is 0 Å². The molecule has 0 saturated heterocycles. The Kier molecular flexibility index (Phi) is 37.4. The number of ether oxygens (including phenoxy) is 2. The molecule has 0 fully saturated rings. The van der Waals surface area contributed by atoms with Crippen LogP contribution in [-0.2, 0) is 23.9 Å². The maximum Gasteiger partial charge on any atom is 0.305 e. The Bertz CT molecular complexity index is 902. The van der Waals surface area contributed by atoms with Crippen molar-refractivity contribution in [3.8, 4) is 0 Å². The number of unbranched alkanes of at least 4 members (excludes halogenated alkanes) is 20. The van der Waals surface area contributed by atoms with Crippen LogP contribution in [0.1, 0.15) is 194 Å². The molecule has 50 heavy (non-hydrogen) atoms. The molecule has 0 aliphatic carbocycles. The Morgan fingerprint density at radius 1 is 0.480 bits per heavy atom. The van der Waals surface area contributed by atoms with Crippen LogP contribution in [0.15, 0.2) is 48.6 Å². The van der Waals surface area contributed by atoms with Crippen molar-refractivity contribution < 1.29 is 29.0 Å². The summed E-state index contributed by atoms with van der Waals surface area (Å²) in [5, 5.41) is 10.0. The average Bonchev–Trinajstić information content (AvgIpc) is 3.11. The van der Waals surface area contributed by atoms with E-state index in [1.165, 1.54) is 96.3 Å². The highest BCUT2D eigenvalue weighted by Gasteiger charge is 2.12. The molecule has 0 heterocycles. The van der Waals surface area contributed by atoms with Gasteiger partial charge >= 0.3 is 11.9 Å². The summed E-state index contributed by atoms with van der Waals surface area (Å²) in [6.45, 7) is 4.10. The van der Waals surface area contributed by atoms with Crippen molar-refractivity contribution in [1.29, 1.82) is 0 Å². The Morgan fingerprint density at radius 2 is 0.880 bits per heavy atom. The zero-order chi connectivity index (χ0) is 36.6. The zero-order valence-corrected chi connectivity index (χ0v) is 32.4. The molecule has 0 spiro atoms. The molecule has 0 bridgehead atoms. The molecule has 0 saturated carbocycles. The largest absolute Gasteiger partial charge is 0.463 e. The number of rotatable bonds is 37. The first-order chi connectivity index (χ1) is 24.5. The van der Waals surface area contributed by atoms with Gasteiger partial charge in [-0.25, -0.2) is 0 Å². The summed E-state index contributed by atoms with van der Waals surface area (Å²) in [6, 6.07) is 0. The predicted molar refractivity (Wildman–Crippen MR) is 210 cm³/mol. The number of hydrogen-bond donors (Lipinski definition) is 1. The van der Waals surface area contributed by atoms with Gasteiger partial charge in [-0.15, -0.1) is 0 Å². The zero-order valence-electron chi connectivity index (χ0n) is 32.4. The smallest absolute Gasteiger partial charge is 0.305 e. The number of aliphatic hydroxyl groups is 1. The topological polar surface area (TPSA) is 89.9 Å². The van der Waals surface area contributed by atoms with Gasteiger partial charge in [-0.3, -0.25) is 14.4 Å². The van der Waals surface area contributed by atoms with Gasteiger partial charge in [0.25, 0.3) is 0 Å². The van der Waals surface area contributed by atoms with Crippen molar-refractivity contribution in [1.82, 2.24) is 0 Å². The normalized spacial score (nSPS) is 12.5. The molecule has 288 valence electrons. The van der Waals surface area contributed by atoms with E-state index in [1.807, 2.05) is 18.2 Å². The molecule has 0 aromatic rings. The molecular weight excluding hydrogens is 624 g/mol. The van der Waals surface area contributed by atoms with Gasteiger partial charge in [-0.2, -0.15) is 0 Å². The summed E-state index contributed by atoms with van der Waals surface area (Å²) in [5.74, 6) is -0.470. The monoisotopic (exact) mass is 701 g/mol. The fourth-order valence-electron chi connectivity index (χ4n) is 5.62. The third kappa shape index (κ3) is 38.3. The number of aliphatic hydroxyl groups excluding tert-OH is 1. The van der Waals surface area contributed by atoms with Crippen LogP contribution in [0.4, 0.5) is 0 Å². The lowest BCUT2D eigenvalue weighted by Gasteiger charge is -2.12. The van der Waals surface area contributed by atoms with Crippen LogP contribution in [0, 0.1) is 0 Å². The van der Waals surface area contributed by atoms with Crippen molar-refractivity contribution in [2.45, 2.75) is 200 Å². The third-order valence-corrected chi connectivity index (χ3v) is 8.79. The van der Waals surface area contributed by atoms with E-state index in [4.69, 9.17) is 9.47 Å². The van der Waals surface area contributed by atoms with Gasteiger partial charge < -0.3 is 14.6 Å². The van der Waals surface area contributed by atoms with E-state index in [0.29, 0.717) is 19.3 Å². The number of allylic oxidation sites excluding steroid dienone is 8. The number of esters is 2. The SMILES string of the molecule is CCCCCCCCCCCCCCCCCCCCC(=O)OC[C@H](O)COC(=O)CCC/C=C\C/C=C\C/C=C\C=C\C(=O)CCCCC. The van der Waals surface area contributed by atoms with Crippen molar-refractivity contribution >= 4 is 17.7 Å². The van der Waals surface area contributed by atoms with Crippen LogP contribution in [0.2, 0.25) is 0 Å². The highest BCUT2D eigenvalue weighted by molar-refractivity contribution is 5.89. The van der Waals surface area contributed by atoms with E-state index in [0.717, 1.165) is 57.8 Å². The fraction of sp³-hybridized carbons (Fsp3) is 0.750. The molecule has 6 nitrogen and oxygen atoms in total. The molecular formula is C44H76O6. The van der Waals surface area contributed by atoms with Gasteiger partial charge in [-0.05, 0) is 44.6 Å². The quantitative estimate of drug-likeness (QED) is 0.0228. The first-order valence-electron chi connectivity index (χ1n) is 20.6. The molecule has 0 aromatic heterocycles.